The van der Waals surface area contributed by atoms with Gasteiger partial charge >= 0.3 is 5.97 Å². The molecule has 1 aromatic rings. The maximum Gasteiger partial charge on any atom is 0.338 e. The van der Waals surface area contributed by atoms with E-state index < -0.39 is 16.0 Å². The average molecular weight is 306 g/mol. The second-order valence-electron chi connectivity index (χ2n) is 4.61. The molecule has 0 bridgehead atoms. The number of benzene rings is 1. The van der Waals surface area contributed by atoms with E-state index in [1.165, 1.54) is 19.1 Å². The van der Waals surface area contributed by atoms with Crippen molar-refractivity contribution in [2.45, 2.75) is 25.7 Å². The molecule has 0 saturated heterocycles. The zero-order valence-electron chi connectivity index (χ0n) is 10.9. The number of rotatable bonds is 4. The minimum absolute atomic E-state index is 0.108. The van der Waals surface area contributed by atoms with E-state index in [9.17, 15) is 13.2 Å². The van der Waals surface area contributed by atoms with Crippen LogP contribution >= 0.6 is 11.6 Å². The number of carbonyl (C=O) groups is 1. The second kappa shape index (κ2) is 5.90. The second-order valence-corrected chi connectivity index (χ2v) is 6.58. The van der Waals surface area contributed by atoms with E-state index in [1.807, 2.05) is 13.8 Å². The highest BCUT2D eigenvalue weighted by Gasteiger charge is 2.20. The van der Waals surface area contributed by atoms with Gasteiger partial charge in [-0.3, -0.25) is 0 Å². The third-order valence-corrected chi connectivity index (χ3v) is 3.65. The normalized spacial score (nSPS) is 11.7. The van der Waals surface area contributed by atoms with Crippen LogP contribution in [0, 0.1) is 12.8 Å². The van der Waals surface area contributed by atoms with Crippen LogP contribution in [0.3, 0.4) is 0 Å². The predicted molar refractivity (Wildman–Crippen MR) is 72.7 cm³/mol. The molecule has 106 valence electrons. The molecule has 2 N–H and O–H groups in total. The molecule has 0 heterocycles. The summed E-state index contributed by atoms with van der Waals surface area (Å²) in [4.78, 5) is 11.7. The number of ether oxygens (including phenoxy) is 1. The van der Waals surface area contributed by atoms with Crippen molar-refractivity contribution in [3.05, 3.63) is 28.3 Å². The highest BCUT2D eigenvalue weighted by molar-refractivity contribution is 7.89. The van der Waals surface area contributed by atoms with Crippen LogP contribution in [0.5, 0.6) is 0 Å². The predicted octanol–water partition coefficient (Wildman–Crippen LogP) is 2.11. The third-order valence-electron chi connectivity index (χ3n) is 2.40. The van der Waals surface area contributed by atoms with Crippen LogP contribution in [0.4, 0.5) is 0 Å². The van der Waals surface area contributed by atoms with Gasteiger partial charge in [0.25, 0.3) is 0 Å². The number of hydrogen-bond acceptors (Lipinski definition) is 4. The molecule has 1 aromatic carbocycles. The van der Waals surface area contributed by atoms with Gasteiger partial charge in [-0.15, -0.1) is 0 Å². The molecule has 1 rings (SSSR count). The van der Waals surface area contributed by atoms with E-state index in [1.54, 1.807) is 0 Å². The van der Waals surface area contributed by atoms with Crippen LogP contribution in [0.1, 0.15) is 29.8 Å². The minimum atomic E-state index is -3.94. The molecule has 7 heteroatoms. The minimum Gasteiger partial charge on any atom is -0.462 e. The molecule has 5 nitrogen and oxygen atoms in total. The van der Waals surface area contributed by atoms with Gasteiger partial charge in [-0.05, 0) is 30.5 Å². The number of primary sulfonamides is 1. The van der Waals surface area contributed by atoms with Crippen molar-refractivity contribution >= 4 is 27.6 Å². The lowest BCUT2D eigenvalue weighted by Crippen LogP contribution is -2.17. The Bertz CT molecular complexity index is 596. The maximum absolute atomic E-state index is 11.9. The van der Waals surface area contributed by atoms with E-state index in [0.717, 1.165) is 0 Å². The van der Waals surface area contributed by atoms with Crippen LogP contribution in [0.2, 0.25) is 5.02 Å². The zero-order valence-corrected chi connectivity index (χ0v) is 12.5. The molecule has 0 aliphatic rings. The topological polar surface area (TPSA) is 86.5 Å². The Labute approximate surface area is 117 Å². The molecule has 0 aliphatic heterocycles. The summed E-state index contributed by atoms with van der Waals surface area (Å²) in [6.07, 6.45) is 0. The molecule has 0 amide bonds. The number of sulfonamides is 1. The molecule has 0 saturated carbocycles. The zero-order chi connectivity index (χ0) is 14.8. The summed E-state index contributed by atoms with van der Waals surface area (Å²) in [5.74, 6) is -0.431. The first kappa shape index (κ1) is 15.9. The van der Waals surface area contributed by atoms with Crippen molar-refractivity contribution < 1.29 is 17.9 Å². The summed E-state index contributed by atoms with van der Waals surface area (Å²) in [5, 5.41) is 5.20. The smallest absolute Gasteiger partial charge is 0.338 e. The fourth-order valence-corrected chi connectivity index (χ4v) is 2.59. The number of nitrogens with two attached hydrogens (primary N) is 1. The lowest BCUT2D eigenvalue weighted by atomic mass is 10.1. The van der Waals surface area contributed by atoms with Gasteiger partial charge in [0.2, 0.25) is 10.0 Å². The Balaban J connectivity index is 3.22. The fourth-order valence-electron chi connectivity index (χ4n) is 1.48. The van der Waals surface area contributed by atoms with Crippen LogP contribution in [0.15, 0.2) is 17.0 Å². The van der Waals surface area contributed by atoms with E-state index in [0.29, 0.717) is 0 Å². The Morgan fingerprint density at radius 2 is 2.00 bits per heavy atom. The van der Waals surface area contributed by atoms with Crippen LogP contribution in [-0.4, -0.2) is 21.0 Å². The first-order valence-electron chi connectivity index (χ1n) is 5.63. The number of esters is 1. The average Bonchev–Trinajstić information content (AvgIpc) is 2.27. The van der Waals surface area contributed by atoms with Crippen LogP contribution < -0.4 is 5.14 Å². The number of carbonyl (C=O) groups excluding carboxylic acids is 1. The van der Waals surface area contributed by atoms with Crippen molar-refractivity contribution in [3.8, 4) is 0 Å². The Morgan fingerprint density at radius 3 is 2.47 bits per heavy atom. The van der Waals surface area contributed by atoms with Crippen molar-refractivity contribution in [1.29, 1.82) is 0 Å². The summed E-state index contributed by atoms with van der Waals surface area (Å²) in [6, 6.07) is 2.58. The van der Waals surface area contributed by atoms with Gasteiger partial charge in [0.1, 0.15) is 0 Å². The van der Waals surface area contributed by atoms with Gasteiger partial charge < -0.3 is 4.74 Å². The van der Waals surface area contributed by atoms with Gasteiger partial charge in [0.05, 0.1) is 17.1 Å². The quantitative estimate of drug-likeness (QED) is 0.863. The molecule has 0 radical (unpaired) electrons. The molecule has 19 heavy (non-hydrogen) atoms. The lowest BCUT2D eigenvalue weighted by Gasteiger charge is -2.12. The molecule has 0 atom stereocenters. The summed E-state index contributed by atoms with van der Waals surface area (Å²) in [6.45, 7) is 5.53. The van der Waals surface area contributed by atoms with Gasteiger partial charge in [0.15, 0.2) is 0 Å². The van der Waals surface area contributed by atoms with E-state index in [-0.39, 0.29) is 33.6 Å². The lowest BCUT2D eigenvalue weighted by molar-refractivity contribution is 0.0458. The fraction of sp³-hybridized carbons (Fsp3) is 0.417. The SMILES string of the molecule is Cc1c(C(=O)OCC(C)C)cc(Cl)cc1S(N)(=O)=O. The summed E-state index contributed by atoms with van der Waals surface area (Å²) in [5.41, 5.74) is 0.345. The van der Waals surface area contributed by atoms with Gasteiger partial charge in [0, 0.05) is 5.02 Å². The first-order valence-corrected chi connectivity index (χ1v) is 7.55. The van der Waals surface area contributed by atoms with E-state index in [4.69, 9.17) is 21.5 Å². The number of hydrogen-bond donors (Lipinski definition) is 1. The van der Waals surface area contributed by atoms with E-state index in [2.05, 4.69) is 0 Å². The largest absolute Gasteiger partial charge is 0.462 e. The van der Waals surface area contributed by atoms with Crippen molar-refractivity contribution in [3.63, 3.8) is 0 Å². The molecule has 0 aliphatic carbocycles. The Morgan fingerprint density at radius 1 is 1.42 bits per heavy atom. The third kappa shape index (κ3) is 4.19. The molecule has 0 unspecified atom stereocenters. The monoisotopic (exact) mass is 305 g/mol. The van der Waals surface area contributed by atoms with Gasteiger partial charge in [-0.25, -0.2) is 18.4 Å². The van der Waals surface area contributed by atoms with Gasteiger partial charge in [-0.1, -0.05) is 25.4 Å². The molecular weight excluding hydrogens is 290 g/mol. The Kier molecular flexibility index (Phi) is 4.95. The molecule has 0 aromatic heterocycles. The molecular formula is C12H16ClNO4S. The van der Waals surface area contributed by atoms with Crippen LogP contribution in [0.25, 0.3) is 0 Å². The van der Waals surface area contributed by atoms with Gasteiger partial charge in [-0.2, -0.15) is 0 Å². The maximum atomic E-state index is 11.9. The molecule has 0 fully saturated rings. The van der Waals surface area contributed by atoms with Crippen molar-refractivity contribution in [2.24, 2.45) is 11.1 Å². The van der Waals surface area contributed by atoms with Crippen LogP contribution in [-0.2, 0) is 14.8 Å². The summed E-state index contributed by atoms with van der Waals surface area (Å²) < 4.78 is 27.9. The highest BCUT2D eigenvalue weighted by atomic mass is 35.5. The van der Waals surface area contributed by atoms with E-state index >= 15 is 0 Å². The number of halogens is 1. The first-order chi connectivity index (χ1) is 8.62. The summed E-state index contributed by atoms with van der Waals surface area (Å²) >= 11 is 5.81. The van der Waals surface area contributed by atoms with Crippen molar-refractivity contribution in [1.82, 2.24) is 0 Å². The standard InChI is InChI=1S/C12H16ClNO4S/c1-7(2)6-18-12(15)10-4-9(13)5-11(8(10)3)19(14,16)17/h4-5,7H,6H2,1-3H3,(H2,14,16,17). The Hall–Kier alpha value is -1.11. The highest BCUT2D eigenvalue weighted by Crippen LogP contribution is 2.24. The van der Waals surface area contributed by atoms with Crippen molar-refractivity contribution in [2.75, 3.05) is 6.61 Å². The summed E-state index contributed by atoms with van der Waals surface area (Å²) in [7, 11) is -3.94. The molecule has 0 spiro atoms.